The van der Waals surface area contributed by atoms with Crippen molar-refractivity contribution in [1.82, 2.24) is 0 Å². The second-order valence-corrected chi connectivity index (χ2v) is 4.74. The van der Waals surface area contributed by atoms with Crippen LogP contribution in [-0.2, 0) is 0 Å². The molecule has 0 unspecified atom stereocenters. The molecule has 0 spiro atoms. The van der Waals surface area contributed by atoms with E-state index in [0.29, 0.717) is 0 Å². The van der Waals surface area contributed by atoms with E-state index >= 15 is 0 Å². The van der Waals surface area contributed by atoms with Gasteiger partial charge in [0.25, 0.3) is 0 Å². The molecule has 0 aliphatic carbocycles. The Hall–Kier alpha value is -3.68. The zero-order chi connectivity index (χ0) is 18.0. The first-order chi connectivity index (χ1) is 11.2. The van der Waals surface area contributed by atoms with Gasteiger partial charge in [-0.05, 0) is 29.8 Å². The summed E-state index contributed by atoms with van der Waals surface area (Å²) in [6, 6.07) is 6.63. The van der Waals surface area contributed by atoms with Gasteiger partial charge in [-0.25, -0.2) is 19.2 Å². The van der Waals surface area contributed by atoms with E-state index in [0.717, 1.165) is 12.1 Å². The van der Waals surface area contributed by atoms with E-state index in [1.165, 1.54) is 24.3 Å². The molecule has 122 valence electrons. The second-order valence-electron chi connectivity index (χ2n) is 4.74. The monoisotopic (exact) mass is 330 g/mol. The molecule has 2 aromatic rings. The van der Waals surface area contributed by atoms with Gasteiger partial charge in [0.2, 0.25) is 0 Å². The number of aromatic carboxylic acids is 4. The SMILES string of the molecule is O=C(O)c1ccc(-c2c(C(=O)O)cc(C(=O)O)cc2C(=O)O)cc1. The largest absolute Gasteiger partial charge is 0.478 e. The van der Waals surface area contributed by atoms with Crippen LogP contribution >= 0.6 is 0 Å². The Bertz CT molecular complexity index is 829. The first-order valence-electron chi connectivity index (χ1n) is 6.44. The summed E-state index contributed by atoms with van der Waals surface area (Å²) in [5.74, 6) is -5.66. The highest BCUT2D eigenvalue weighted by Crippen LogP contribution is 2.30. The average Bonchev–Trinajstić information content (AvgIpc) is 2.53. The molecule has 4 N–H and O–H groups in total. The molecule has 8 heteroatoms. The number of carboxylic acid groups (broad SMARTS) is 4. The number of carboxylic acids is 4. The molecule has 0 atom stereocenters. The molecule has 0 amide bonds. The normalized spacial score (nSPS) is 10.2. The van der Waals surface area contributed by atoms with Gasteiger partial charge in [-0.2, -0.15) is 0 Å². The molecule has 0 saturated carbocycles. The fourth-order valence-corrected chi connectivity index (χ4v) is 2.19. The van der Waals surface area contributed by atoms with Crippen LogP contribution in [0, 0.1) is 0 Å². The van der Waals surface area contributed by atoms with Crippen molar-refractivity contribution in [1.29, 1.82) is 0 Å². The van der Waals surface area contributed by atoms with Crippen LogP contribution in [0.5, 0.6) is 0 Å². The highest BCUT2D eigenvalue weighted by Gasteiger charge is 2.23. The van der Waals surface area contributed by atoms with Crippen LogP contribution in [0.25, 0.3) is 11.1 Å². The molecule has 0 aromatic heterocycles. The summed E-state index contributed by atoms with van der Waals surface area (Å²) in [5.41, 5.74) is -1.60. The molecule has 0 fully saturated rings. The van der Waals surface area contributed by atoms with Gasteiger partial charge in [0.05, 0.1) is 22.3 Å². The first kappa shape index (κ1) is 16.7. The lowest BCUT2D eigenvalue weighted by Gasteiger charge is -2.12. The molecule has 0 saturated heterocycles. The molecular weight excluding hydrogens is 320 g/mol. The third-order valence-electron chi connectivity index (χ3n) is 3.27. The van der Waals surface area contributed by atoms with Crippen molar-refractivity contribution in [3.8, 4) is 11.1 Å². The van der Waals surface area contributed by atoms with E-state index in [-0.39, 0.29) is 16.7 Å². The minimum absolute atomic E-state index is 0.0605. The molecule has 2 aromatic carbocycles. The van der Waals surface area contributed by atoms with Gasteiger partial charge in [-0.3, -0.25) is 0 Å². The van der Waals surface area contributed by atoms with E-state index < -0.39 is 40.6 Å². The van der Waals surface area contributed by atoms with Crippen LogP contribution in [0.15, 0.2) is 36.4 Å². The Morgan fingerprint density at radius 2 is 1.00 bits per heavy atom. The fraction of sp³-hybridized carbons (Fsp3) is 0. The number of hydrogen-bond donors (Lipinski definition) is 4. The standard InChI is InChI=1S/C16H10O8/c17-13(18)8-3-1-7(2-4-8)12-10(15(21)22)5-9(14(19)20)6-11(12)16(23)24/h1-6H,(H,17,18)(H,19,20)(H,21,22)(H,23,24). The third kappa shape index (κ3) is 3.07. The zero-order valence-corrected chi connectivity index (χ0v) is 11.9. The highest BCUT2D eigenvalue weighted by molar-refractivity contribution is 6.07. The van der Waals surface area contributed by atoms with Crippen LogP contribution in [0.2, 0.25) is 0 Å². The third-order valence-corrected chi connectivity index (χ3v) is 3.27. The summed E-state index contributed by atoms with van der Waals surface area (Å²) in [4.78, 5) is 44.8. The summed E-state index contributed by atoms with van der Waals surface area (Å²) in [7, 11) is 0. The molecule has 8 nitrogen and oxygen atoms in total. The van der Waals surface area contributed by atoms with Crippen molar-refractivity contribution in [2.45, 2.75) is 0 Å². The zero-order valence-electron chi connectivity index (χ0n) is 11.9. The van der Waals surface area contributed by atoms with Gasteiger partial charge in [-0.15, -0.1) is 0 Å². The molecule has 24 heavy (non-hydrogen) atoms. The second kappa shape index (κ2) is 6.21. The maximum absolute atomic E-state index is 11.4. The van der Waals surface area contributed by atoms with Gasteiger partial charge in [0.15, 0.2) is 0 Å². The maximum Gasteiger partial charge on any atom is 0.336 e. The molecule has 0 radical (unpaired) electrons. The van der Waals surface area contributed by atoms with E-state index in [1.807, 2.05) is 0 Å². The Kier molecular flexibility index (Phi) is 4.32. The van der Waals surface area contributed by atoms with E-state index in [4.69, 9.17) is 10.2 Å². The summed E-state index contributed by atoms with van der Waals surface area (Å²) in [5, 5.41) is 36.5. The maximum atomic E-state index is 11.4. The minimum Gasteiger partial charge on any atom is -0.478 e. The molecule has 0 heterocycles. The Labute approximate surface area is 134 Å². The highest BCUT2D eigenvalue weighted by atomic mass is 16.4. The van der Waals surface area contributed by atoms with Crippen molar-refractivity contribution in [2.24, 2.45) is 0 Å². The van der Waals surface area contributed by atoms with Crippen molar-refractivity contribution in [3.63, 3.8) is 0 Å². The smallest absolute Gasteiger partial charge is 0.336 e. The van der Waals surface area contributed by atoms with Crippen LogP contribution < -0.4 is 0 Å². The van der Waals surface area contributed by atoms with Crippen molar-refractivity contribution in [2.75, 3.05) is 0 Å². The quantitative estimate of drug-likeness (QED) is 0.651. The van der Waals surface area contributed by atoms with Crippen molar-refractivity contribution >= 4 is 23.9 Å². The molecule has 0 aliphatic rings. The van der Waals surface area contributed by atoms with E-state index in [9.17, 15) is 29.4 Å². The Morgan fingerprint density at radius 3 is 1.33 bits per heavy atom. The van der Waals surface area contributed by atoms with E-state index in [2.05, 4.69) is 0 Å². The summed E-state index contributed by atoms with van der Waals surface area (Å²) >= 11 is 0. The summed E-state index contributed by atoms with van der Waals surface area (Å²) in [6.45, 7) is 0. The fourth-order valence-electron chi connectivity index (χ4n) is 2.19. The number of benzene rings is 2. The first-order valence-corrected chi connectivity index (χ1v) is 6.44. The number of hydrogen-bond acceptors (Lipinski definition) is 4. The van der Waals surface area contributed by atoms with Crippen LogP contribution in [0.4, 0.5) is 0 Å². The topological polar surface area (TPSA) is 149 Å². The molecule has 0 aliphatic heterocycles. The summed E-state index contributed by atoms with van der Waals surface area (Å²) in [6.07, 6.45) is 0. The molecule has 2 rings (SSSR count). The summed E-state index contributed by atoms with van der Waals surface area (Å²) < 4.78 is 0. The lowest BCUT2D eigenvalue weighted by Crippen LogP contribution is -2.11. The number of carbonyl (C=O) groups is 4. The van der Waals surface area contributed by atoms with Crippen molar-refractivity contribution < 1.29 is 39.6 Å². The van der Waals surface area contributed by atoms with Crippen LogP contribution in [0.1, 0.15) is 41.4 Å². The van der Waals surface area contributed by atoms with Gasteiger partial charge in [0.1, 0.15) is 0 Å². The predicted octanol–water partition coefficient (Wildman–Crippen LogP) is 2.15. The average molecular weight is 330 g/mol. The molecular formula is C16H10O8. The van der Waals surface area contributed by atoms with Crippen LogP contribution in [0.3, 0.4) is 0 Å². The Balaban J connectivity index is 2.79. The van der Waals surface area contributed by atoms with Gasteiger partial charge in [-0.1, -0.05) is 12.1 Å². The van der Waals surface area contributed by atoms with Gasteiger partial charge >= 0.3 is 23.9 Å². The van der Waals surface area contributed by atoms with Crippen molar-refractivity contribution in [3.05, 3.63) is 58.7 Å². The van der Waals surface area contributed by atoms with Crippen LogP contribution in [-0.4, -0.2) is 44.3 Å². The van der Waals surface area contributed by atoms with Gasteiger partial charge in [0, 0.05) is 5.56 Å². The lowest BCUT2D eigenvalue weighted by molar-refractivity contribution is 0.0679. The van der Waals surface area contributed by atoms with E-state index in [1.54, 1.807) is 0 Å². The minimum atomic E-state index is -1.50. The Morgan fingerprint density at radius 1 is 0.583 bits per heavy atom. The lowest BCUT2D eigenvalue weighted by atomic mass is 9.91. The predicted molar refractivity (Wildman–Crippen MR) is 79.7 cm³/mol. The molecule has 0 bridgehead atoms. The van der Waals surface area contributed by atoms with Gasteiger partial charge < -0.3 is 20.4 Å². The number of rotatable bonds is 5.